The van der Waals surface area contributed by atoms with Crippen LogP contribution in [0.5, 0.6) is 0 Å². The van der Waals surface area contributed by atoms with E-state index < -0.39 is 5.91 Å². The number of hydrogen-bond acceptors (Lipinski definition) is 5. The number of hydrogen-bond donors (Lipinski definition) is 2. The van der Waals surface area contributed by atoms with E-state index in [-0.39, 0.29) is 18.4 Å². The first kappa shape index (κ1) is 18.7. The zero-order valence-corrected chi connectivity index (χ0v) is 15.2. The molecule has 1 saturated heterocycles. The van der Waals surface area contributed by atoms with E-state index in [1.54, 1.807) is 53.6 Å². The number of carbonyl (C=O) groups is 2. The summed E-state index contributed by atoms with van der Waals surface area (Å²) >= 11 is 5.84. The predicted molar refractivity (Wildman–Crippen MR) is 102 cm³/mol. The van der Waals surface area contributed by atoms with Crippen molar-refractivity contribution in [3.63, 3.8) is 0 Å². The minimum atomic E-state index is -0.400. The summed E-state index contributed by atoms with van der Waals surface area (Å²) in [4.78, 5) is 30.3. The molecule has 2 aromatic rings. The van der Waals surface area contributed by atoms with Gasteiger partial charge in [-0.1, -0.05) is 17.7 Å². The average molecular weight is 384 g/mol. The number of pyridine rings is 1. The van der Waals surface area contributed by atoms with E-state index in [9.17, 15) is 9.59 Å². The van der Waals surface area contributed by atoms with Gasteiger partial charge in [-0.3, -0.25) is 9.59 Å². The van der Waals surface area contributed by atoms with E-state index >= 15 is 0 Å². The molecule has 1 aromatic carbocycles. The second kappa shape index (κ2) is 8.52. The lowest BCUT2D eigenvalue weighted by molar-refractivity contribution is -0.115. The first-order chi connectivity index (χ1) is 13.0. The molecule has 0 unspecified atom stereocenters. The van der Waals surface area contributed by atoms with E-state index in [2.05, 4.69) is 15.6 Å². The second-order valence-electron chi connectivity index (χ2n) is 6.21. The monoisotopic (exact) mass is 383 g/mol. The van der Waals surface area contributed by atoms with Crippen LogP contribution in [0, 0.1) is 11.3 Å². The van der Waals surface area contributed by atoms with Crippen LogP contribution in [0.1, 0.15) is 23.2 Å². The summed E-state index contributed by atoms with van der Waals surface area (Å²) in [5.41, 5.74) is 0.996. The van der Waals surface area contributed by atoms with Gasteiger partial charge in [0, 0.05) is 36.6 Å². The quantitative estimate of drug-likeness (QED) is 0.827. The first-order valence-corrected chi connectivity index (χ1v) is 8.87. The number of aromatic nitrogens is 1. The Bertz CT molecular complexity index is 878. The SMILES string of the molecule is N#CCC(=O)Nc1cccc(C(=O)N2CC[C@@H](Nc3ccc(Cl)cn3)C2)c1. The third kappa shape index (κ3) is 4.96. The summed E-state index contributed by atoms with van der Waals surface area (Å²) < 4.78 is 0. The molecule has 1 aromatic heterocycles. The third-order valence-corrected chi connectivity index (χ3v) is 4.41. The number of benzene rings is 1. The average Bonchev–Trinajstić information content (AvgIpc) is 3.12. The Morgan fingerprint density at radius 1 is 1.33 bits per heavy atom. The molecule has 7 nitrogen and oxygen atoms in total. The van der Waals surface area contributed by atoms with Gasteiger partial charge in [-0.25, -0.2) is 4.98 Å². The normalized spacial score (nSPS) is 15.9. The minimum Gasteiger partial charge on any atom is -0.365 e. The zero-order valence-electron chi connectivity index (χ0n) is 14.5. The highest BCUT2D eigenvalue weighted by Crippen LogP contribution is 2.19. The first-order valence-electron chi connectivity index (χ1n) is 8.49. The Kier molecular flexibility index (Phi) is 5.89. The molecule has 27 heavy (non-hydrogen) atoms. The van der Waals surface area contributed by atoms with Gasteiger partial charge in [0.05, 0.1) is 11.1 Å². The lowest BCUT2D eigenvalue weighted by Crippen LogP contribution is -2.31. The maximum absolute atomic E-state index is 12.8. The molecule has 0 bridgehead atoms. The summed E-state index contributed by atoms with van der Waals surface area (Å²) in [6, 6.07) is 12.2. The summed E-state index contributed by atoms with van der Waals surface area (Å²) in [5.74, 6) is 0.226. The molecule has 8 heteroatoms. The summed E-state index contributed by atoms with van der Waals surface area (Å²) in [6.45, 7) is 1.20. The van der Waals surface area contributed by atoms with Gasteiger partial charge in [0.25, 0.3) is 5.91 Å². The Morgan fingerprint density at radius 3 is 2.93 bits per heavy atom. The molecule has 138 valence electrons. The maximum Gasteiger partial charge on any atom is 0.254 e. The maximum atomic E-state index is 12.8. The smallest absolute Gasteiger partial charge is 0.254 e. The van der Waals surface area contributed by atoms with E-state index in [0.29, 0.717) is 29.4 Å². The van der Waals surface area contributed by atoms with Crippen LogP contribution in [-0.2, 0) is 4.79 Å². The Morgan fingerprint density at radius 2 is 2.19 bits per heavy atom. The number of amides is 2. The summed E-state index contributed by atoms with van der Waals surface area (Å²) in [5, 5.41) is 15.0. The fraction of sp³-hybridized carbons (Fsp3) is 0.263. The number of nitrogens with zero attached hydrogens (tertiary/aromatic N) is 3. The molecule has 0 radical (unpaired) electrons. The molecule has 1 fully saturated rings. The minimum absolute atomic E-state index is 0.0975. The van der Waals surface area contributed by atoms with Crippen molar-refractivity contribution in [3.05, 3.63) is 53.2 Å². The number of carbonyl (C=O) groups excluding carboxylic acids is 2. The van der Waals surface area contributed by atoms with Crippen molar-refractivity contribution in [3.8, 4) is 6.07 Å². The Balaban J connectivity index is 1.60. The highest BCUT2D eigenvalue weighted by Gasteiger charge is 2.27. The number of nitriles is 1. The molecule has 1 atom stereocenters. The summed E-state index contributed by atoms with van der Waals surface area (Å²) in [6.07, 6.45) is 2.17. The Hall–Kier alpha value is -3.11. The van der Waals surface area contributed by atoms with Crippen LogP contribution in [-0.4, -0.2) is 40.8 Å². The summed E-state index contributed by atoms with van der Waals surface area (Å²) in [7, 11) is 0. The van der Waals surface area contributed by atoms with Gasteiger partial charge in [-0.2, -0.15) is 5.26 Å². The standard InChI is InChI=1S/C19H18ClN5O2/c20-14-4-5-17(22-11-14)23-16-7-9-25(12-16)19(27)13-2-1-3-15(10-13)24-18(26)6-8-21/h1-5,10-11,16H,6-7,9,12H2,(H,22,23)(H,24,26)/t16-/m1/s1. The van der Waals surface area contributed by atoms with Crippen LogP contribution >= 0.6 is 11.6 Å². The molecule has 3 rings (SSSR count). The molecule has 0 saturated carbocycles. The van der Waals surface area contributed by atoms with Crippen molar-refractivity contribution in [1.82, 2.24) is 9.88 Å². The number of rotatable bonds is 5. The number of anilines is 2. The molecule has 2 heterocycles. The molecule has 2 N–H and O–H groups in total. The molecular weight excluding hydrogens is 366 g/mol. The molecule has 1 aliphatic heterocycles. The fourth-order valence-corrected chi connectivity index (χ4v) is 3.03. The number of halogens is 1. The van der Waals surface area contributed by atoms with Gasteiger partial charge >= 0.3 is 0 Å². The molecule has 0 aliphatic carbocycles. The van der Waals surface area contributed by atoms with Crippen LogP contribution in [0.2, 0.25) is 5.02 Å². The van der Waals surface area contributed by atoms with Gasteiger partial charge < -0.3 is 15.5 Å². The van der Waals surface area contributed by atoms with Crippen molar-refractivity contribution in [1.29, 1.82) is 5.26 Å². The van der Waals surface area contributed by atoms with Crippen molar-refractivity contribution in [2.75, 3.05) is 23.7 Å². The van der Waals surface area contributed by atoms with Gasteiger partial charge in [0.1, 0.15) is 12.2 Å². The second-order valence-corrected chi connectivity index (χ2v) is 6.64. The molecule has 1 aliphatic rings. The predicted octanol–water partition coefficient (Wildman–Crippen LogP) is 2.91. The van der Waals surface area contributed by atoms with E-state index in [0.717, 1.165) is 12.2 Å². The highest BCUT2D eigenvalue weighted by molar-refractivity contribution is 6.30. The van der Waals surface area contributed by atoms with Gasteiger partial charge in [-0.15, -0.1) is 0 Å². The lowest BCUT2D eigenvalue weighted by Gasteiger charge is -2.18. The van der Waals surface area contributed by atoms with Crippen LogP contribution in [0.3, 0.4) is 0 Å². The van der Waals surface area contributed by atoms with Gasteiger partial charge in [0.2, 0.25) is 5.91 Å². The van der Waals surface area contributed by atoms with Crippen molar-refractivity contribution < 1.29 is 9.59 Å². The molecule has 0 spiro atoms. The van der Waals surface area contributed by atoms with E-state index in [1.165, 1.54) is 0 Å². The number of likely N-dealkylation sites (tertiary alicyclic amines) is 1. The molecule has 2 amide bonds. The van der Waals surface area contributed by atoms with Crippen molar-refractivity contribution in [2.24, 2.45) is 0 Å². The molecular formula is C19H18ClN5O2. The highest BCUT2D eigenvalue weighted by atomic mass is 35.5. The third-order valence-electron chi connectivity index (χ3n) is 4.19. The van der Waals surface area contributed by atoms with Crippen LogP contribution in [0.15, 0.2) is 42.6 Å². The van der Waals surface area contributed by atoms with Crippen LogP contribution in [0.25, 0.3) is 0 Å². The zero-order chi connectivity index (χ0) is 19.2. The number of nitrogens with one attached hydrogen (secondary N) is 2. The topological polar surface area (TPSA) is 98.1 Å². The van der Waals surface area contributed by atoms with Crippen LogP contribution in [0.4, 0.5) is 11.5 Å². The lowest BCUT2D eigenvalue weighted by atomic mass is 10.1. The fourth-order valence-electron chi connectivity index (χ4n) is 2.92. The van der Waals surface area contributed by atoms with E-state index in [1.807, 2.05) is 0 Å². The van der Waals surface area contributed by atoms with Crippen LogP contribution < -0.4 is 10.6 Å². The van der Waals surface area contributed by atoms with Gasteiger partial charge in [-0.05, 0) is 36.8 Å². The van der Waals surface area contributed by atoms with Crippen molar-refractivity contribution >= 4 is 34.9 Å². The van der Waals surface area contributed by atoms with Crippen molar-refractivity contribution in [2.45, 2.75) is 18.9 Å². The largest absolute Gasteiger partial charge is 0.365 e. The van der Waals surface area contributed by atoms with Gasteiger partial charge in [0.15, 0.2) is 0 Å². The Labute approximate surface area is 162 Å². The van der Waals surface area contributed by atoms with E-state index in [4.69, 9.17) is 16.9 Å².